The van der Waals surface area contributed by atoms with Crippen LogP contribution in [0.25, 0.3) is 0 Å². The minimum atomic E-state index is -2.01. The van der Waals surface area contributed by atoms with Crippen LogP contribution in [0.2, 0.25) is 0 Å². The highest BCUT2D eigenvalue weighted by Crippen LogP contribution is 2.31. The van der Waals surface area contributed by atoms with Crippen LogP contribution in [0.5, 0.6) is 11.5 Å². The van der Waals surface area contributed by atoms with Gasteiger partial charge in [-0.2, -0.15) is 16.6 Å². The minimum absolute atomic E-state index is 0.0397. The summed E-state index contributed by atoms with van der Waals surface area (Å²) in [6, 6.07) is 9.17. The lowest BCUT2D eigenvalue weighted by Gasteiger charge is -2.18. The van der Waals surface area contributed by atoms with E-state index < -0.39 is 35.1 Å². The summed E-state index contributed by atoms with van der Waals surface area (Å²) in [5.41, 5.74) is 0.154. The zero-order valence-electron chi connectivity index (χ0n) is 14.6. The molecule has 1 unspecified atom stereocenters. The van der Waals surface area contributed by atoms with E-state index in [0.717, 1.165) is 11.6 Å². The number of rotatable bonds is 7. The summed E-state index contributed by atoms with van der Waals surface area (Å²) in [6.07, 6.45) is -2.01. The number of carboxylic acid groups (broad SMARTS) is 1. The van der Waals surface area contributed by atoms with Gasteiger partial charge in [-0.15, -0.1) is 0 Å². The molecule has 0 aliphatic rings. The molecule has 1 N–H and O–H groups in total. The third-order valence-electron chi connectivity index (χ3n) is 3.88. The van der Waals surface area contributed by atoms with E-state index in [2.05, 4.69) is 0 Å². The number of ether oxygens (including phenoxy) is 2. The fourth-order valence-electron chi connectivity index (χ4n) is 2.44. The number of hydrogen-bond acceptors (Lipinski definition) is 5. The largest absolute Gasteiger partial charge is 0.489 e. The van der Waals surface area contributed by atoms with Crippen molar-refractivity contribution >= 4 is 17.3 Å². The number of carbonyl (C=O) groups is 1. The Morgan fingerprint density at radius 1 is 1.17 bits per heavy atom. The Labute approximate surface area is 167 Å². The van der Waals surface area contributed by atoms with Crippen molar-refractivity contribution in [1.82, 2.24) is 0 Å². The molecule has 0 aliphatic carbocycles. The van der Waals surface area contributed by atoms with E-state index >= 15 is 0 Å². The summed E-state index contributed by atoms with van der Waals surface area (Å²) in [5.74, 6) is -6.53. The van der Waals surface area contributed by atoms with Crippen LogP contribution in [-0.2, 0) is 11.4 Å². The van der Waals surface area contributed by atoms with Crippen LogP contribution in [0.3, 0.4) is 0 Å². The molecule has 3 aromatic rings. The molecule has 9 heteroatoms. The number of nitrogens with zero attached hydrogens (tertiary/aromatic N) is 1. The van der Waals surface area contributed by atoms with Crippen molar-refractivity contribution in [3.8, 4) is 17.6 Å². The van der Waals surface area contributed by atoms with E-state index in [-0.39, 0.29) is 23.7 Å². The van der Waals surface area contributed by atoms with E-state index in [1.165, 1.54) is 29.5 Å². The predicted octanol–water partition coefficient (Wildman–Crippen LogP) is 4.82. The van der Waals surface area contributed by atoms with Gasteiger partial charge in [-0.25, -0.2) is 18.0 Å². The van der Waals surface area contributed by atoms with Crippen molar-refractivity contribution in [2.75, 3.05) is 0 Å². The lowest BCUT2D eigenvalue weighted by Crippen LogP contribution is -2.21. The molecule has 0 aliphatic heterocycles. The molecule has 2 aromatic carbocycles. The Morgan fingerprint density at radius 3 is 2.62 bits per heavy atom. The molecule has 3 rings (SSSR count). The van der Waals surface area contributed by atoms with Gasteiger partial charge in [0.05, 0.1) is 5.56 Å². The number of halogens is 3. The fourth-order valence-corrected chi connectivity index (χ4v) is 3.09. The van der Waals surface area contributed by atoms with Gasteiger partial charge in [0.25, 0.3) is 0 Å². The lowest BCUT2D eigenvalue weighted by molar-refractivity contribution is -0.145. The molecule has 0 fully saturated rings. The van der Waals surface area contributed by atoms with E-state index in [9.17, 15) is 28.3 Å². The molecule has 0 radical (unpaired) electrons. The Hall–Kier alpha value is -3.51. The summed E-state index contributed by atoms with van der Waals surface area (Å²) in [7, 11) is 0. The van der Waals surface area contributed by atoms with Crippen LogP contribution in [0.1, 0.15) is 22.8 Å². The standard InChI is InChI=1S/C20H12F3NO4S/c21-15-4-3-14(17(22)18(15)23)19(20(25)26)28-16-7-13(2-1-12(16)8-24)27-9-11-5-6-29-10-11/h1-7,10,19H,9H2,(H,25,26). The minimum Gasteiger partial charge on any atom is -0.489 e. The van der Waals surface area contributed by atoms with Gasteiger partial charge in [-0.3, -0.25) is 0 Å². The molecule has 5 nitrogen and oxygen atoms in total. The first-order valence-electron chi connectivity index (χ1n) is 8.11. The summed E-state index contributed by atoms with van der Waals surface area (Å²) in [4.78, 5) is 11.6. The van der Waals surface area contributed by atoms with Crippen LogP contribution >= 0.6 is 11.3 Å². The molecule has 29 heavy (non-hydrogen) atoms. The molecule has 0 amide bonds. The average Bonchev–Trinajstić information content (AvgIpc) is 3.23. The third-order valence-corrected chi connectivity index (χ3v) is 4.61. The highest BCUT2D eigenvalue weighted by molar-refractivity contribution is 7.07. The SMILES string of the molecule is N#Cc1ccc(OCc2ccsc2)cc1OC(C(=O)O)c1ccc(F)c(F)c1F. The summed E-state index contributed by atoms with van der Waals surface area (Å²) < 4.78 is 51.6. The predicted molar refractivity (Wildman–Crippen MR) is 97.1 cm³/mol. The Morgan fingerprint density at radius 2 is 1.97 bits per heavy atom. The van der Waals surface area contributed by atoms with Crippen LogP contribution in [-0.4, -0.2) is 11.1 Å². The maximum atomic E-state index is 14.1. The second-order valence-corrected chi connectivity index (χ2v) is 6.57. The zero-order chi connectivity index (χ0) is 21.0. The van der Waals surface area contributed by atoms with Gasteiger partial charge < -0.3 is 14.6 Å². The molecule has 0 saturated heterocycles. The van der Waals surface area contributed by atoms with E-state index in [1.807, 2.05) is 22.9 Å². The quantitative estimate of drug-likeness (QED) is 0.556. The van der Waals surface area contributed by atoms with Gasteiger partial charge in [0.2, 0.25) is 6.10 Å². The number of thiophene rings is 1. The lowest BCUT2D eigenvalue weighted by atomic mass is 10.1. The summed E-state index contributed by atoms with van der Waals surface area (Å²) >= 11 is 1.49. The smallest absolute Gasteiger partial charge is 0.349 e. The highest BCUT2D eigenvalue weighted by atomic mass is 32.1. The molecular weight excluding hydrogens is 407 g/mol. The average molecular weight is 419 g/mol. The molecule has 1 heterocycles. The van der Waals surface area contributed by atoms with E-state index in [0.29, 0.717) is 6.07 Å². The molecular formula is C20H12F3NO4S. The van der Waals surface area contributed by atoms with E-state index in [4.69, 9.17) is 9.47 Å². The monoisotopic (exact) mass is 419 g/mol. The topological polar surface area (TPSA) is 79.5 Å². The maximum absolute atomic E-state index is 14.1. The molecule has 148 valence electrons. The van der Waals surface area contributed by atoms with Crippen LogP contribution in [0.4, 0.5) is 13.2 Å². The first kappa shape index (κ1) is 20.2. The molecule has 0 bridgehead atoms. The molecule has 0 spiro atoms. The number of benzene rings is 2. The van der Waals surface area contributed by atoms with Crippen molar-refractivity contribution in [3.63, 3.8) is 0 Å². The Balaban J connectivity index is 1.91. The highest BCUT2D eigenvalue weighted by Gasteiger charge is 2.29. The van der Waals surface area contributed by atoms with Gasteiger partial charge in [0, 0.05) is 11.6 Å². The van der Waals surface area contributed by atoms with Crippen molar-refractivity contribution in [1.29, 1.82) is 5.26 Å². The number of aliphatic carboxylic acids is 1. The third kappa shape index (κ3) is 4.50. The van der Waals surface area contributed by atoms with Gasteiger partial charge in [0.1, 0.15) is 24.2 Å². The van der Waals surface area contributed by atoms with Gasteiger partial charge in [-0.05, 0) is 46.7 Å². The fraction of sp³-hybridized carbons (Fsp3) is 0.100. The summed E-state index contributed by atoms with van der Waals surface area (Å²) in [6.45, 7) is 0.231. The second kappa shape index (κ2) is 8.67. The molecule has 1 aromatic heterocycles. The van der Waals surface area contributed by atoms with Crippen LogP contribution in [0, 0.1) is 28.8 Å². The normalized spacial score (nSPS) is 11.5. The number of carboxylic acids is 1. The van der Waals surface area contributed by atoms with Gasteiger partial charge in [0.15, 0.2) is 17.5 Å². The first-order valence-corrected chi connectivity index (χ1v) is 9.06. The Kier molecular flexibility index (Phi) is 6.04. The number of hydrogen-bond donors (Lipinski definition) is 1. The first-order chi connectivity index (χ1) is 13.9. The van der Waals surface area contributed by atoms with Crippen molar-refractivity contribution in [2.24, 2.45) is 0 Å². The summed E-state index contributed by atoms with van der Waals surface area (Å²) in [5, 5.41) is 22.4. The second-order valence-electron chi connectivity index (χ2n) is 5.79. The van der Waals surface area contributed by atoms with Crippen molar-refractivity contribution in [2.45, 2.75) is 12.7 Å². The van der Waals surface area contributed by atoms with Gasteiger partial charge >= 0.3 is 5.97 Å². The van der Waals surface area contributed by atoms with Crippen molar-refractivity contribution < 1.29 is 32.5 Å². The van der Waals surface area contributed by atoms with E-state index in [1.54, 1.807) is 0 Å². The number of nitriles is 1. The van der Waals surface area contributed by atoms with Crippen molar-refractivity contribution in [3.05, 3.63) is 81.3 Å². The molecule has 1 atom stereocenters. The van der Waals surface area contributed by atoms with Crippen LogP contribution in [0.15, 0.2) is 47.2 Å². The zero-order valence-corrected chi connectivity index (χ0v) is 15.4. The molecule has 0 saturated carbocycles. The Bertz CT molecular complexity index is 1080. The maximum Gasteiger partial charge on any atom is 0.349 e. The van der Waals surface area contributed by atoms with Crippen LogP contribution < -0.4 is 9.47 Å². The van der Waals surface area contributed by atoms with Gasteiger partial charge in [-0.1, -0.05) is 0 Å².